The molecule has 0 bridgehead atoms. The van der Waals surface area contributed by atoms with Gasteiger partial charge >= 0.3 is 6.18 Å². The van der Waals surface area contributed by atoms with Crippen molar-refractivity contribution in [3.8, 4) is 10.6 Å². The molecule has 146 valence electrons. The molecule has 0 radical (unpaired) electrons. The summed E-state index contributed by atoms with van der Waals surface area (Å²) in [5.74, 6) is -1.66. The van der Waals surface area contributed by atoms with E-state index in [-0.39, 0.29) is 10.6 Å². The lowest BCUT2D eigenvalue weighted by Gasteiger charge is -2.15. The van der Waals surface area contributed by atoms with Gasteiger partial charge in [-0.15, -0.1) is 11.3 Å². The zero-order valence-electron chi connectivity index (χ0n) is 14.5. The van der Waals surface area contributed by atoms with Crippen LogP contribution < -0.4 is 11.1 Å². The summed E-state index contributed by atoms with van der Waals surface area (Å²) in [5, 5.41) is 2.30. The van der Waals surface area contributed by atoms with Gasteiger partial charge in [0, 0.05) is 11.3 Å². The van der Waals surface area contributed by atoms with E-state index in [1.54, 1.807) is 31.2 Å². The fourth-order valence-electron chi connectivity index (χ4n) is 2.59. The molecule has 28 heavy (non-hydrogen) atoms. The Balaban J connectivity index is 1.96. The van der Waals surface area contributed by atoms with Crippen LogP contribution in [0, 0.1) is 5.82 Å². The maximum atomic E-state index is 14.0. The van der Waals surface area contributed by atoms with Crippen molar-refractivity contribution < 1.29 is 22.4 Å². The molecule has 2 aromatic carbocycles. The highest BCUT2D eigenvalue weighted by Gasteiger charge is 2.40. The van der Waals surface area contributed by atoms with Crippen molar-refractivity contribution in [2.75, 3.05) is 5.73 Å². The summed E-state index contributed by atoms with van der Waals surface area (Å²) >= 11 is 0.494. The smallest absolute Gasteiger partial charge is 0.399 e. The number of aromatic nitrogens is 1. The fraction of sp³-hybridized carbons (Fsp3) is 0.158. The SMILES string of the molecule is CC(NC(=O)c1sc(-c2ccccc2F)nc1C(F)(F)F)c1cccc(N)c1. The zero-order valence-corrected chi connectivity index (χ0v) is 15.4. The van der Waals surface area contributed by atoms with Crippen molar-refractivity contribution in [3.05, 3.63) is 70.5 Å². The number of anilines is 1. The number of nitrogens with two attached hydrogens (primary N) is 1. The van der Waals surface area contributed by atoms with E-state index in [1.165, 1.54) is 18.2 Å². The van der Waals surface area contributed by atoms with Crippen molar-refractivity contribution in [1.82, 2.24) is 10.3 Å². The molecular formula is C19H15F4N3OS. The van der Waals surface area contributed by atoms with Crippen LogP contribution in [-0.4, -0.2) is 10.9 Å². The Hall–Kier alpha value is -2.94. The Morgan fingerprint density at radius 2 is 1.89 bits per heavy atom. The maximum absolute atomic E-state index is 14.0. The molecule has 4 nitrogen and oxygen atoms in total. The number of nitrogen functional groups attached to an aromatic ring is 1. The third-order valence-corrected chi connectivity index (χ3v) is 5.05. The summed E-state index contributed by atoms with van der Waals surface area (Å²) in [6, 6.07) is 11.4. The molecule has 1 unspecified atom stereocenters. The average Bonchev–Trinajstić information content (AvgIpc) is 3.08. The Bertz CT molecular complexity index is 1020. The first-order valence-electron chi connectivity index (χ1n) is 8.16. The van der Waals surface area contributed by atoms with Gasteiger partial charge in [-0.2, -0.15) is 13.2 Å². The Morgan fingerprint density at radius 3 is 2.54 bits per heavy atom. The zero-order chi connectivity index (χ0) is 20.5. The third kappa shape index (κ3) is 4.14. The lowest BCUT2D eigenvalue weighted by atomic mass is 10.1. The second-order valence-electron chi connectivity index (χ2n) is 6.04. The van der Waals surface area contributed by atoms with Crippen molar-refractivity contribution in [2.45, 2.75) is 19.1 Å². The molecule has 3 aromatic rings. The van der Waals surface area contributed by atoms with Crippen LogP contribution in [0.3, 0.4) is 0 Å². The molecule has 0 aliphatic rings. The van der Waals surface area contributed by atoms with Gasteiger partial charge in [0.15, 0.2) is 5.69 Å². The quantitative estimate of drug-likeness (QED) is 0.469. The van der Waals surface area contributed by atoms with Crippen LogP contribution in [0.2, 0.25) is 0 Å². The number of carbonyl (C=O) groups is 1. The molecule has 0 aliphatic heterocycles. The third-order valence-electron chi connectivity index (χ3n) is 3.96. The van der Waals surface area contributed by atoms with E-state index in [4.69, 9.17) is 5.73 Å². The van der Waals surface area contributed by atoms with Gasteiger partial charge in [0.25, 0.3) is 5.91 Å². The maximum Gasteiger partial charge on any atom is 0.435 e. The average molecular weight is 409 g/mol. The number of thiazole rings is 1. The molecule has 1 aromatic heterocycles. The second kappa shape index (κ2) is 7.59. The number of carbonyl (C=O) groups excluding carboxylic acids is 1. The number of nitrogens with zero attached hydrogens (tertiary/aromatic N) is 1. The van der Waals surface area contributed by atoms with Crippen LogP contribution >= 0.6 is 11.3 Å². The lowest BCUT2D eigenvalue weighted by molar-refractivity contribution is -0.141. The highest BCUT2D eigenvalue weighted by molar-refractivity contribution is 7.17. The Kier molecular flexibility index (Phi) is 5.37. The van der Waals surface area contributed by atoms with E-state index in [1.807, 2.05) is 0 Å². The minimum absolute atomic E-state index is 0.0964. The number of nitrogens with one attached hydrogen (secondary N) is 1. The molecule has 0 saturated heterocycles. The van der Waals surface area contributed by atoms with Gasteiger partial charge in [0.2, 0.25) is 0 Å². The minimum atomic E-state index is -4.85. The van der Waals surface area contributed by atoms with Gasteiger partial charge < -0.3 is 11.1 Å². The fourth-order valence-corrected chi connectivity index (χ4v) is 3.61. The van der Waals surface area contributed by atoms with E-state index in [2.05, 4.69) is 10.3 Å². The minimum Gasteiger partial charge on any atom is -0.399 e. The number of rotatable bonds is 4. The van der Waals surface area contributed by atoms with E-state index >= 15 is 0 Å². The summed E-state index contributed by atoms with van der Waals surface area (Å²) in [7, 11) is 0. The van der Waals surface area contributed by atoms with Crippen LogP contribution in [0.25, 0.3) is 10.6 Å². The van der Waals surface area contributed by atoms with Gasteiger partial charge in [-0.1, -0.05) is 24.3 Å². The number of hydrogen-bond donors (Lipinski definition) is 2. The first kappa shape index (κ1) is 19.8. The van der Waals surface area contributed by atoms with Crippen molar-refractivity contribution >= 4 is 22.9 Å². The normalized spacial score (nSPS) is 12.6. The molecule has 3 rings (SSSR count). The van der Waals surface area contributed by atoms with Crippen LogP contribution in [0.15, 0.2) is 48.5 Å². The Labute approximate surface area is 162 Å². The van der Waals surface area contributed by atoms with Crippen LogP contribution in [0.1, 0.15) is 33.9 Å². The van der Waals surface area contributed by atoms with Crippen molar-refractivity contribution in [3.63, 3.8) is 0 Å². The Morgan fingerprint density at radius 1 is 1.18 bits per heavy atom. The van der Waals surface area contributed by atoms with Gasteiger partial charge in [-0.05, 0) is 36.8 Å². The largest absolute Gasteiger partial charge is 0.435 e. The molecule has 3 N–H and O–H groups in total. The van der Waals surface area contributed by atoms with Crippen LogP contribution in [0.4, 0.5) is 23.2 Å². The van der Waals surface area contributed by atoms with Gasteiger partial charge in [0.05, 0.1) is 6.04 Å². The molecule has 9 heteroatoms. The molecule has 0 fully saturated rings. The van der Waals surface area contributed by atoms with Crippen molar-refractivity contribution in [2.24, 2.45) is 0 Å². The number of benzene rings is 2. The first-order valence-corrected chi connectivity index (χ1v) is 8.97. The summed E-state index contributed by atoms with van der Waals surface area (Å²) < 4.78 is 54.2. The van der Waals surface area contributed by atoms with Crippen molar-refractivity contribution in [1.29, 1.82) is 0 Å². The topological polar surface area (TPSA) is 68.0 Å². The standard InChI is InChI=1S/C19H15F4N3OS/c1-10(11-5-4-6-12(24)9-11)25-17(27)15-16(19(21,22)23)26-18(28-15)13-7-2-3-8-14(13)20/h2-10H,24H2,1H3,(H,25,27). The summed E-state index contributed by atoms with van der Waals surface area (Å²) in [5.41, 5.74) is 5.37. The van der Waals surface area contributed by atoms with Crippen LogP contribution in [-0.2, 0) is 6.18 Å². The number of alkyl halides is 3. The summed E-state index contributed by atoms with van der Waals surface area (Å²) in [6.07, 6.45) is -4.85. The van der Waals surface area contributed by atoms with E-state index in [9.17, 15) is 22.4 Å². The van der Waals surface area contributed by atoms with Gasteiger partial charge in [-0.3, -0.25) is 4.79 Å². The number of halogens is 4. The molecule has 1 atom stereocenters. The molecular weight excluding hydrogens is 394 g/mol. The highest BCUT2D eigenvalue weighted by Crippen LogP contribution is 2.38. The molecule has 0 aliphatic carbocycles. The van der Waals surface area contributed by atoms with Crippen LogP contribution in [0.5, 0.6) is 0 Å². The molecule has 1 amide bonds. The summed E-state index contributed by atoms with van der Waals surface area (Å²) in [4.78, 5) is 15.4. The van der Waals surface area contributed by atoms with Gasteiger partial charge in [0.1, 0.15) is 15.7 Å². The first-order chi connectivity index (χ1) is 13.2. The predicted octanol–water partition coefficient (Wildman–Crippen LogP) is 5.04. The van der Waals surface area contributed by atoms with Gasteiger partial charge in [-0.25, -0.2) is 9.37 Å². The van der Waals surface area contributed by atoms with E-state index < -0.39 is 34.5 Å². The number of hydrogen-bond acceptors (Lipinski definition) is 4. The second-order valence-corrected chi connectivity index (χ2v) is 7.04. The predicted molar refractivity (Wildman–Crippen MR) is 99.2 cm³/mol. The molecule has 0 spiro atoms. The highest BCUT2D eigenvalue weighted by atomic mass is 32.1. The monoisotopic (exact) mass is 409 g/mol. The lowest BCUT2D eigenvalue weighted by Crippen LogP contribution is -2.28. The number of amides is 1. The molecule has 0 saturated carbocycles. The van der Waals surface area contributed by atoms with E-state index in [0.717, 1.165) is 6.07 Å². The summed E-state index contributed by atoms with van der Waals surface area (Å²) in [6.45, 7) is 1.62. The van der Waals surface area contributed by atoms with E-state index in [0.29, 0.717) is 22.6 Å². The molecule has 1 heterocycles.